The van der Waals surface area contributed by atoms with Crippen LogP contribution in [0.1, 0.15) is 26.2 Å². The summed E-state index contributed by atoms with van der Waals surface area (Å²) >= 11 is 0. The van der Waals surface area contributed by atoms with Gasteiger partial charge in [-0.15, -0.1) is 6.58 Å². The molecule has 1 fully saturated rings. The van der Waals surface area contributed by atoms with Crippen LogP contribution in [0.2, 0.25) is 19.1 Å². The van der Waals surface area contributed by atoms with E-state index in [1.165, 1.54) is 18.9 Å². The average Bonchev–Trinajstić information content (AvgIpc) is 1.83. The molecule has 1 rings (SSSR count). The van der Waals surface area contributed by atoms with Crippen molar-refractivity contribution in [1.82, 2.24) is 0 Å². The van der Waals surface area contributed by atoms with Gasteiger partial charge >= 0.3 is 0 Å². The van der Waals surface area contributed by atoms with Gasteiger partial charge in [-0.3, -0.25) is 0 Å². The summed E-state index contributed by atoms with van der Waals surface area (Å²) in [6.07, 6.45) is 5.53. The van der Waals surface area contributed by atoms with E-state index in [1.54, 1.807) is 0 Å². The molecule has 0 radical (unpaired) electrons. The lowest BCUT2D eigenvalue weighted by Gasteiger charge is -2.42. The van der Waals surface area contributed by atoms with Crippen molar-refractivity contribution in [1.29, 1.82) is 0 Å². The van der Waals surface area contributed by atoms with E-state index in [0.29, 0.717) is 0 Å². The second kappa shape index (κ2) is 3.34. The third-order valence-corrected chi connectivity index (χ3v) is 5.19. The van der Waals surface area contributed by atoms with E-state index in [-0.39, 0.29) is 5.60 Å². The van der Waals surface area contributed by atoms with Crippen molar-refractivity contribution in [3.8, 4) is 0 Å². The zero-order valence-corrected chi connectivity index (χ0v) is 9.52. The van der Waals surface area contributed by atoms with Crippen LogP contribution in [0.25, 0.3) is 0 Å². The predicted molar refractivity (Wildman–Crippen MR) is 55.8 cm³/mol. The molecule has 0 amide bonds. The fraction of sp³-hybridized carbons (Fsp3) is 0.800. The smallest absolute Gasteiger partial charge is 0.187 e. The van der Waals surface area contributed by atoms with Crippen LogP contribution in [0.5, 0.6) is 0 Å². The second-order valence-corrected chi connectivity index (χ2v) is 8.88. The highest BCUT2D eigenvalue weighted by Gasteiger charge is 2.37. The van der Waals surface area contributed by atoms with Crippen molar-refractivity contribution in [2.45, 2.75) is 50.9 Å². The highest BCUT2D eigenvalue weighted by Crippen LogP contribution is 2.35. The maximum absolute atomic E-state index is 6.17. The van der Waals surface area contributed by atoms with E-state index in [2.05, 4.69) is 26.6 Å². The van der Waals surface area contributed by atoms with E-state index < -0.39 is 8.32 Å². The Morgan fingerprint density at radius 3 is 2.75 bits per heavy atom. The monoisotopic (exact) mass is 184 g/mol. The summed E-state index contributed by atoms with van der Waals surface area (Å²) in [5.74, 6) is 0. The van der Waals surface area contributed by atoms with Crippen LogP contribution in [-0.2, 0) is 4.43 Å². The molecule has 1 nitrogen and oxygen atoms in total. The first-order valence-electron chi connectivity index (χ1n) is 4.79. The van der Waals surface area contributed by atoms with Crippen LogP contribution in [0.15, 0.2) is 12.7 Å². The standard InChI is InChI=1S/C10H20OSi/c1-5-7-10(2)8-6-9-12(3,4)11-10/h5H,1,6-9H2,2-4H3. The Bertz CT molecular complexity index is 177. The summed E-state index contributed by atoms with van der Waals surface area (Å²) < 4.78 is 6.17. The first-order chi connectivity index (χ1) is 5.47. The van der Waals surface area contributed by atoms with Crippen molar-refractivity contribution in [2.24, 2.45) is 0 Å². The van der Waals surface area contributed by atoms with Gasteiger partial charge in [-0.1, -0.05) is 12.5 Å². The number of hydrogen-bond acceptors (Lipinski definition) is 1. The second-order valence-electron chi connectivity index (χ2n) is 4.66. The SMILES string of the molecule is C=CCC1(C)CCC[Si](C)(C)O1. The first kappa shape index (κ1) is 10.0. The summed E-state index contributed by atoms with van der Waals surface area (Å²) in [7, 11) is -1.31. The molecule has 12 heavy (non-hydrogen) atoms. The molecule has 0 aliphatic carbocycles. The van der Waals surface area contributed by atoms with E-state index in [9.17, 15) is 0 Å². The van der Waals surface area contributed by atoms with Crippen molar-refractivity contribution < 1.29 is 4.43 Å². The summed E-state index contributed by atoms with van der Waals surface area (Å²) in [5.41, 5.74) is 0.107. The molecule has 1 saturated heterocycles. The van der Waals surface area contributed by atoms with Crippen LogP contribution in [-0.4, -0.2) is 13.9 Å². The Morgan fingerprint density at radius 2 is 2.25 bits per heavy atom. The Morgan fingerprint density at radius 1 is 1.58 bits per heavy atom. The molecule has 0 aromatic carbocycles. The fourth-order valence-electron chi connectivity index (χ4n) is 2.11. The van der Waals surface area contributed by atoms with Gasteiger partial charge in [0.1, 0.15) is 0 Å². The molecule has 2 heteroatoms. The van der Waals surface area contributed by atoms with Gasteiger partial charge in [0.05, 0.1) is 5.60 Å². The Hall–Kier alpha value is -0.0831. The van der Waals surface area contributed by atoms with E-state index in [1.807, 2.05) is 6.08 Å². The van der Waals surface area contributed by atoms with Crippen molar-refractivity contribution in [3.63, 3.8) is 0 Å². The molecule has 1 aliphatic heterocycles. The van der Waals surface area contributed by atoms with E-state index in [4.69, 9.17) is 4.43 Å². The predicted octanol–water partition coefficient (Wildman–Crippen LogP) is 3.34. The molecule has 70 valence electrons. The quantitative estimate of drug-likeness (QED) is 0.472. The molecule has 0 N–H and O–H groups in total. The minimum absolute atomic E-state index is 0.107. The summed E-state index contributed by atoms with van der Waals surface area (Å²) in [5, 5.41) is 0. The van der Waals surface area contributed by atoms with Crippen molar-refractivity contribution in [3.05, 3.63) is 12.7 Å². The molecule has 0 aromatic heterocycles. The summed E-state index contributed by atoms with van der Waals surface area (Å²) in [4.78, 5) is 0. The van der Waals surface area contributed by atoms with Crippen molar-refractivity contribution in [2.75, 3.05) is 0 Å². The third kappa shape index (κ3) is 2.46. The van der Waals surface area contributed by atoms with Crippen LogP contribution in [0, 0.1) is 0 Å². The molecular formula is C10H20OSi. The van der Waals surface area contributed by atoms with E-state index >= 15 is 0 Å². The highest BCUT2D eigenvalue weighted by atomic mass is 28.4. The zero-order valence-electron chi connectivity index (χ0n) is 8.52. The molecule has 1 aliphatic rings. The molecule has 0 bridgehead atoms. The minimum Gasteiger partial charge on any atom is -0.412 e. The molecular weight excluding hydrogens is 164 g/mol. The third-order valence-electron chi connectivity index (χ3n) is 2.58. The van der Waals surface area contributed by atoms with Gasteiger partial charge in [0.25, 0.3) is 0 Å². The van der Waals surface area contributed by atoms with Crippen LogP contribution in [0.4, 0.5) is 0 Å². The highest BCUT2D eigenvalue weighted by molar-refractivity contribution is 6.71. The van der Waals surface area contributed by atoms with Gasteiger partial charge in [0, 0.05) is 0 Å². The van der Waals surface area contributed by atoms with Crippen LogP contribution < -0.4 is 0 Å². The van der Waals surface area contributed by atoms with Crippen LogP contribution in [0.3, 0.4) is 0 Å². The summed E-state index contributed by atoms with van der Waals surface area (Å²) in [6, 6.07) is 1.32. The maximum Gasteiger partial charge on any atom is 0.187 e. The molecule has 0 spiro atoms. The van der Waals surface area contributed by atoms with Gasteiger partial charge in [-0.25, -0.2) is 0 Å². The lowest BCUT2D eigenvalue weighted by Crippen LogP contribution is -2.46. The van der Waals surface area contributed by atoms with Gasteiger partial charge in [-0.2, -0.15) is 0 Å². The zero-order chi connectivity index (χ0) is 9.24. The number of hydrogen-bond donors (Lipinski definition) is 0. The van der Waals surface area contributed by atoms with Gasteiger partial charge in [-0.05, 0) is 38.9 Å². The molecule has 1 unspecified atom stereocenters. The van der Waals surface area contributed by atoms with Gasteiger partial charge in [0.2, 0.25) is 0 Å². The molecule has 1 heterocycles. The van der Waals surface area contributed by atoms with Crippen molar-refractivity contribution >= 4 is 8.32 Å². The van der Waals surface area contributed by atoms with Gasteiger partial charge < -0.3 is 4.43 Å². The lowest BCUT2D eigenvalue weighted by atomic mass is 9.97. The largest absolute Gasteiger partial charge is 0.412 e. The Labute approximate surface area is 76.9 Å². The van der Waals surface area contributed by atoms with E-state index in [0.717, 1.165) is 6.42 Å². The normalized spacial score (nSPS) is 34.6. The Kier molecular flexibility index (Phi) is 2.79. The lowest BCUT2D eigenvalue weighted by molar-refractivity contribution is 0.0561. The molecule has 0 saturated carbocycles. The first-order valence-corrected chi connectivity index (χ1v) is 7.90. The average molecular weight is 184 g/mol. The summed E-state index contributed by atoms with van der Waals surface area (Å²) in [6.45, 7) is 10.6. The number of rotatable bonds is 2. The molecule has 1 atom stereocenters. The van der Waals surface area contributed by atoms with Gasteiger partial charge in [0.15, 0.2) is 8.32 Å². The molecule has 0 aromatic rings. The van der Waals surface area contributed by atoms with Crippen LogP contribution >= 0.6 is 0 Å². The maximum atomic E-state index is 6.17. The Balaban J connectivity index is 2.60. The topological polar surface area (TPSA) is 9.23 Å². The minimum atomic E-state index is -1.31. The fourth-order valence-corrected chi connectivity index (χ4v) is 4.76.